The highest BCUT2D eigenvalue weighted by Gasteiger charge is 2.05. The van der Waals surface area contributed by atoms with Crippen LogP contribution in [0.5, 0.6) is 0 Å². The second kappa shape index (κ2) is 2.72. The molecule has 12 heavy (non-hydrogen) atoms. The minimum atomic E-state index is -0.817. The van der Waals surface area contributed by atoms with Gasteiger partial charge in [-0.15, -0.1) is 4.73 Å². The number of nitrogens with two attached hydrogens (primary N) is 1. The normalized spacial score (nSPS) is 10.1. The molecule has 0 aliphatic heterocycles. The van der Waals surface area contributed by atoms with E-state index in [1.54, 1.807) is 6.92 Å². The van der Waals surface area contributed by atoms with E-state index in [0.717, 1.165) is 10.6 Å². The summed E-state index contributed by atoms with van der Waals surface area (Å²) in [6.45, 7) is 1.83. The Morgan fingerprint density at radius 1 is 1.58 bits per heavy atom. The Kier molecular flexibility index (Phi) is 1.90. The summed E-state index contributed by atoms with van der Waals surface area (Å²) in [4.78, 5) is 22.0. The molecule has 1 heterocycles. The van der Waals surface area contributed by atoms with Gasteiger partial charge in [0.15, 0.2) is 5.82 Å². The molecule has 66 valence electrons. The van der Waals surface area contributed by atoms with E-state index in [1.165, 1.54) is 0 Å². The quantitative estimate of drug-likeness (QED) is 0.522. The molecular formula is C6H9N3O3. The highest BCUT2D eigenvalue weighted by Crippen LogP contribution is 1.87. The topological polar surface area (TPSA) is 90.2 Å². The summed E-state index contributed by atoms with van der Waals surface area (Å²) < 4.78 is 1.11. The molecule has 0 spiro atoms. The summed E-state index contributed by atoms with van der Waals surface area (Å²) in [5.74, 6) is -0.255. The van der Waals surface area contributed by atoms with Crippen LogP contribution in [0, 0.1) is 0 Å². The first-order valence-electron chi connectivity index (χ1n) is 3.39. The van der Waals surface area contributed by atoms with Gasteiger partial charge in [0.05, 0.1) is 0 Å². The van der Waals surface area contributed by atoms with E-state index in [1.807, 2.05) is 0 Å². The lowest BCUT2D eigenvalue weighted by molar-refractivity contribution is 0.170. The first kappa shape index (κ1) is 8.38. The van der Waals surface area contributed by atoms with Crippen molar-refractivity contribution in [2.75, 3.05) is 5.73 Å². The predicted molar refractivity (Wildman–Crippen MR) is 42.2 cm³/mol. The van der Waals surface area contributed by atoms with E-state index in [9.17, 15) is 9.59 Å². The lowest BCUT2D eigenvalue weighted by Crippen LogP contribution is -2.39. The SMILES string of the molecule is CCn1c(=O)cc(N)n(O)c1=O. The van der Waals surface area contributed by atoms with Crippen molar-refractivity contribution in [3.05, 3.63) is 26.9 Å². The van der Waals surface area contributed by atoms with Crippen LogP contribution in [0.25, 0.3) is 0 Å². The maximum atomic E-state index is 11.0. The molecule has 0 saturated heterocycles. The number of rotatable bonds is 1. The van der Waals surface area contributed by atoms with Crippen molar-refractivity contribution in [1.82, 2.24) is 9.30 Å². The van der Waals surface area contributed by atoms with Crippen molar-refractivity contribution >= 4 is 5.82 Å². The standard InChI is InChI=1S/C6H9N3O3/c1-2-8-5(10)3-4(7)9(12)6(8)11/h3,12H,2,7H2,1H3. The summed E-state index contributed by atoms with van der Waals surface area (Å²) in [5, 5.41) is 8.96. The number of nitrogens with zero attached hydrogens (tertiary/aromatic N) is 2. The summed E-state index contributed by atoms with van der Waals surface area (Å²) in [6, 6.07) is 0.991. The fraction of sp³-hybridized carbons (Fsp3) is 0.333. The summed E-state index contributed by atoms with van der Waals surface area (Å²) in [5.41, 5.74) is 3.82. The fourth-order valence-electron chi connectivity index (χ4n) is 0.876. The van der Waals surface area contributed by atoms with Crippen LogP contribution in [0.1, 0.15) is 6.92 Å². The van der Waals surface area contributed by atoms with Crippen molar-refractivity contribution < 1.29 is 5.21 Å². The second-order valence-electron chi connectivity index (χ2n) is 2.25. The molecule has 1 aromatic rings. The number of hydrogen-bond donors (Lipinski definition) is 2. The molecule has 1 rings (SSSR count). The van der Waals surface area contributed by atoms with Gasteiger partial charge in [0, 0.05) is 12.6 Å². The monoisotopic (exact) mass is 171 g/mol. The lowest BCUT2D eigenvalue weighted by atomic mass is 10.5. The van der Waals surface area contributed by atoms with Gasteiger partial charge in [0.1, 0.15) is 0 Å². The largest absolute Gasteiger partial charge is 0.422 e. The summed E-state index contributed by atoms with van der Waals surface area (Å²) >= 11 is 0. The van der Waals surface area contributed by atoms with Gasteiger partial charge in [-0.25, -0.2) is 4.79 Å². The van der Waals surface area contributed by atoms with Crippen molar-refractivity contribution in [1.29, 1.82) is 0 Å². The van der Waals surface area contributed by atoms with Crippen LogP contribution in [-0.2, 0) is 6.54 Å². The molecule has 0 amide bonds. The Morgan fingerprint density at radius 2 is 2.17 bits per heavy atom. The van der Waals surface area contributed by atoms with Crippen LogP contribution >= 0.6 is 0 Å². The molecule has 0 bridgehead atoms. The van der Waals surface area contributed by atoms with E-state index in [0.29, 0.717) is 0 Å². The van der Waals surface area contributed by atoms with Crippen LogP contribution in [0.2, 0.25) is 0 Å². The van der Waals surface area contributed by atoms with Crippen LogP contribution in [0.15, 0.2) is 15.7 Å². The molecule has 0 atom stereocenters. The summed E-state index contributed by atoms with van der Waals surface area (Å²) in [7, 11) is 0. The summed E-state index contributed by atoms with van der Waals surface area (Å²) in [6.07, 6.45) is 0. The second-order valence-corrected chi connectivity index (χ2v) is 2.25. The molecular weight excluding hydrogens is 162 g/mol. The van der Waals surface area contributed by atoms with Gasteiger partial charge in [-0.3, -0.25) is 9.36 Å². The van der Waals surface area contributed by atoms with Crippen molar-refractivity contribution in [2.45, 2.75) is 13.5 Å². The molecule has 0 aliphatic carbocycles. The minimum absolute atomic E-state index is 0.207. The van der Waals surface area contributed by atoms with Crippen LogP contribution < -0.4 is 17.0 Å². The number of aromatic nitrogens is 2. The first-order valence-corrected chi connectivity index (χ1v) is 3.39. The van der Waals surface area contributed by atoms with Gasteiger partial charge in [-0.05, 0) is 6.92 Å². The highest BCUT2D eigenvalue weighted by molar-refractivity contribution is 5.24. The van der Waals surface area contributed by atoms with Crippen LogP contribution in [0.3, 0.4) is 0 Å². The van der Waals surface area contributed by atoms with Crippen molar-refractivity contribution in [3.63, 3.8) is 0 Å². The Hall–Kier alpha value is -1.72. The fourth-order valence-corrected chi connectivity index (χ4v) is 0.876. The van der Waals surface area contributed by atoms with E-state index >= 15 is 0 Å². The average molecular weight is 171 g/mol. The smallest absolute Gasteiger partial charge is 0.365 e. The van der Waals surface area contributed by atoms with E-state index in [-0.39, 0.29) is 17.1 Å². The van der Waals surface area contributed by atoms with Crippen LogP contribution in [-0.4, -0.2) is 14.5 Å². The third-order valence-corrected chi connectivity index (χ3v) is 1.51. The molecule has 6 heteroatoms. The zero-order valence-electron chi connectivity index (χ0n) is 6.52. The Bertz CT molecular complexity index is 403. The van der Waals surface area contributed by atoms with Gasteiger partial charge in [0.2, 0.25) is 0 Å². The molecule has 3 N–H and O–H groups in total. The number of anilines is 1. The third kappa shape index (κ3) is 1.07. The first-order chi connectivity index (χ1) is 5.57. The van der Waals surface area contributed by atoms with Crippen molar-refractivity contribution in [3.8, 4) is 0 Å². The molecule has 0 unspecified atom stereocenters. The molecule has 0 fully saturated rings. The number of hydrogen-bond acceptors (Lipinski definition) is 4. The third-order valence-electron chi connectivity index (χ3n) is 1.51. The Morgan fingerprint density at radius 3 is 2.67 bits per heavy atom. The van der Waals surface area contributed by atoms with Gasteiger partial charge in [-0.2, -0.15) is 0 Å². The molecule has 6 nitrogen and oxygen atoms in total. The maximum Gasteiger partial charge on any atom is 0.365 e. The van der Waals surface area contributed by atoms with Crippen molar-refractivity contribution in [2.24, 2.45) is 0 Å². The van der Waals surface area contributed by atoms with E-state index in [4.69, 9.17) is 10.9 Å². The highest BCUT2D eigenvalue weighted by atomic mass is 16.5. The minimum Gasteiger partial charge on any atom is -0.422 e. The predicted octanol–water partition coefficient (Wildman–Crippen LogP) is -1.15. The van der Waals surface area contributed by atoms with E-state index in [2.05, 4.69) is 0 Å². The molecule has 0 saturated carbocycles. The van der Waals surface area contributed by atoms with Gasteiger partial charge < -0.3 is 10.9 Å². The number of nitrogen functional groups attached to an aromatic ring is 1. The Balaban J connectivity index is 3.64. The Labute approximate surface area is 67.4 Å². The molecule has 1 aromatic heterocycles. The van der Waals surface area contributed by atoms with Gasteiger partial charge in [0.25, 0.3) is 5.56 Å². The molecule has 0 aliphatic rings. The van der Waals surface area contributed by atoms with Crippen LogP contribution in [0.4, 0.5) is 5.82 Å². The average Bonchev–Trinajstić information content (AvgIpc) is 2.01. The zero-order valence-corrected chi connectivity index (χ0v) is 6.52. The lowest BCUT2D eigenvalue weighted by Gasteiger charge is -2.03. The molecule has 0 aromatic carbocycles. The van der Waals surface area contributed by atoms with Gasteiger partial charge >= 0.3 is 5.69 Å². The maximum absolute atomic E-state index is 11.0. The van der Waals surface area contributed by atoms with Gasteiger partial charge in [-0.1, -0.05) is 0 Å². The molecule has 0 radical (unpaired) electrons. The van der Waals surface area contributed by atoms with E-state index < -0.39 is 11.2 Å². The zero-order chi connectivity index (χ0) is 9.30.